The summed E-state index contributed by atoms with van der Waals surface area (Å²) < 4.78 is 11.7. The number of ether oxygens (including phenoxy) is 2. The van der Waals surface area contributed by atoms with Crippen molar-refractivity contribution < 1.29 is 9.47 Å². The second-order valence-electron chi connectivity index (χ2n) is 20.9. The fourth-order valence-corrected chi connectivity index (χ4v) is 10.6. The van der Waals surface area contributed by atoms with Crippen molar-refractivity contribution in [2.75, 3.05) is 13.2 Å². The van der Waals surface area contributed by atoms with Crippen LogP contribution in [-0.4, -0.2) is 23.2 Å². The van der Waals surface area contributed by atoms with E-state index >= 15 is 0 Å². The molecule has 2 heterocycles. The second-order valence-corrected chi connectivity index (χ2v) is 20.9. The highest BCUT2D eigenvalue weighted by Gasteiger charge is 2.22. The number of aromatic nitrogens is 2. The highest BCUT2D eigenvalue weighted by Crippen LogP contribution is 2.36. The maximum absolute atomic E-state index is 5.87. The lowest BCUT2D eigenvalue weighted by atomic mass is 9.78. The van der Waals surface area contributed by atoms with Crippen LogP contribution in [0.3, 0.4) is 0 Å². The van der Waals surface area contributed by atoms with Crippen molar-refractivity contribution >= 4 is 0 Å². The van der Waals surface area contributed by atoms with Crippen LogP contribution >= 0.6 is 0 Å². The van der Waals surface area contributed by atoms with Crippen molar-refractivity contribution in [2.24, 2.45) is 23.7 Å². The first-order valence-electron chi connectivity index (χ1n) is 28.4. The van der Waals surface area contributed by atoms with Crippen molar-refractivity contribution in [1.29, 1.82) is 0 Å². The Labute approximate surface area is 411 Å². The molecule has 0 amide bonds. The lowest BCUT2D eigenvalue weighted by Crippen LogP contribution is -2.15. The molecule has 2 fully saturated rings. The first-order chi connectivity index (χ1) is 33.1. The number of aryl methyl sites for hydroxylation is 2. The first-order valence-corrected chi connectivity index (χ1v) is 28.4. The van der Waals surface area contributed by atoms with E-state index in [1.54, 1.807) is 0 Å². The third-order valence-corrected chi connectivity index (χ3v) is 15.3. The lowest BCUT2D eigenvalue weighted by molar-refractivity contribution is 0.248. The molecule has 0 bridgehead atoms. The molecule has 2 aromatic heterocycles. The standard InChI is InChI=1S/C32H49NO.C31H47NO/c1-3-5-7-9-10-12-27-13-15-28(16-14-27)17-18-29-19-24-32(33-26-29)30-20-22-31(23-21-30)34-25-11-8-6-4-2;1-3-5-7-8-9-11-26-12-14-27(15-13-26)16-17-28-18-23-31(32-25-28)29-19-21-30(22-20-29)33-24-10-6-4-2/h19-24,26-28H,3-18,25H2,1-2H3;18-23,25-27H,3-17,24H2,1-2H3. The molecule has 6 rings (SSSR count). The summed E-state index contributed by atoms with van der Waals surface area (Å²) in [7, 11) is 0. The predicted octanol–water partition coefficient (Wildman–Crippen LogP) is 19.2. The van der Waals surface area contributed by atoms with E-state index in [9.17, 15) is 0 Å². The van der Waals surface area contributed by atoms with E-state index in [4.69, 9.17) is 19.4 Å². The Balaban J connectivity index is 0.000000251. The van der Waals surface area contributed by atoms with Gasteiger partial charge in [-0.25, -0.2) is 0 Å². The van der Waals surface area contributed by atoms with Crippen LogP contribution in [0.1, 0.15) is 225 Å². The molecule has 2 aromatic carbocycles. The van der Waals surface area contributed by atoms with Crippen LogP contribution in [0.25, 0.3) is 22.5 Å². The Kier molecular flexibility index (Phi) is 27.4. The summed E-state index contributed by atoms with van der Waals surface area (Å²) in [5.74, 6) is 5.78. The largest absolute Gasteiger partial charge is 0.494 e. The van der Waals surface area contributed by atoms with Gasteiger partial charge in [0.25, 0.3) is 0 Å². The first kappa shape index (κ1) is 54.3. The van der Waals surface area contributed by atoms with E-state index in [1.165, 1.54) is 197 Å². The molecule has 4 nitrogen and oxygen atoms in total. The number of pyridine rings is 2. The molecular formula is C63H96N2O2. The predicted molar refractivity (Wildman–Crippen MR) is 288 cm³/mol. The van der Waals surface area contributed by atoms with Gasteiger partial charge in [0.1, 0.15) is 11.5 Å². The molecule has 0 saturated heterocycles. The minimum absolute atomic E-state index is 0.806. The molecule has 0 N–H and O–H groups in total. The highest BCUT2D eigenvalue weighted by molar-refractivity contribution is 5.61. The van der Waals surface area contributed by atoms with Gasteiger partial charge in [-0.1, -0.05) is 200 Å². The van der Waals surface area contributed by atoms with Crippen LogP contribution in [0.5, 0.6) is 11.5 Å². The molecule has 2 saturated carbocycles. The third kappa shape index (κ3) is 22.1. The Hall–Kier alpha value is -3.66. The molecule has 0 aliphatic heterocycles. The monoisotopic (exact) mass is 913 g/mol. The Morgan fingerprint density at radius 2 is 0.687 bits per heavy atom. The molecule has 0 spiro atoms. The van der Waals surface area contributed by atoms with Crippen LogP contribution in [-0.2, 0) is 12.8 Å². The molecule has 0 unspecified atom stereocenters. The zero-order chi connectivity index (χ0) is 47.0. The fraction of sp³-hybridized carbons (Fsp3) is 0.651. The number of nitrogens with zero attached hydrogens (tertiary/aromatic N) is 2. The number of hydrogen-bond donors (Lipinski definition) is 0. The highest BCUT2D eigenvalue weighted by atomic mass is 16.5. The number of unbranched alkanes of at least 4 members (excludes halogenated alkanes) is 13. The van der Waals surface area contributed by atoms with Gasteiger partial charge in [0, 0.05) is 23.5 Å². The summed E-state index contributed by atoms with van der Waals surface area (Å²) in [6.45, 7) is 10.7. The maximum Gasteiger partial charge on any atom is 0.119 e. The summed E-state index contributed by atoms with van der Waals surface area (Å²) >= 11 is 0. The SMILES string of the molecule is CCCCCCCC1CCC(CCc2ccc(-c3ccc(OCCCCC)cc3)nc2)CC1.CCCCCCCC1CCC(CCc2ccc(-c3ccc(OCCCCCC)cc3)nc2)CC1. The zero-order valence-corrected chi connectivity index (χ0v) is 43.4. The Bertz CT molecular complexity index is 1770. The molecule has 67 heavy (non-hydrogen) atoms. The van der Waals surface area contributed by atoms with Crippen molar-refractivity contribution in [3.05, 3.63) is 96.3 Å². The topological polar surface area (TPSA) is 44.2 Å². The van der Waals surface area contributed by atoms with Gasteiger partial charge < -0.3 is 9.47 Å². The van der Waals surface area contributed by atoms with Crippen molar-refractivity contribution in [1.82, 2.24) is 9.97 Å². The van der Waals surface area contributed by atoms with Crippen molar-refractivity contribution in [3.63, 3.8) is 0 Å². The number of benzene rings is 2. The number of rotatable bonds is 31. The van der Waals surface area contributed by atoms with Crippen molar-refractivity contribution in [3.8, 4) is 34.0 Å². The lowest BCUT2D eigenvalue weighted by Gasteiger charge is -2.28. The van der Waals surface area contributed by atoms with Crippen LogP contribution in [0.2, 0.25) is 0 Å². The fourth-order valence-electron chi connectivity index (χ4n) is 10.6. The van der Waals surface area contributed by atoms with Gasteiger partial charge in [0.05, 0.1) is 24.6 Å². The molecular weight excluding hydrogens is 817 g/mol. The molecule has 2 aliphatic carbocycles. The summed E-state index contributed by atoms with van der Waals surface area (Å²) in [6.07, 6.45) is 46.6. The second kappa shape index (κ2) is 33.8. The van der Waals surface area contributed by atoms with E-state index < -0.39 is 0 Å². The Morgan fingerprint density at radius 1 is 0.358 bits per heavy atom. The minimum atomic E-state index is 0.806. The van der Waals surface area contributed by atoms with Crippen LogP contribution in [0, 0.1) is 23.7 Å². The summed E-state index contributed by atoms with van der Waals surface area (Å²) in [5, 5.41) is 0. The third-order valence-electron chi connectivity index (χ3n) is 15.3. The summed E-state index contributed by atoms with van der Waals surface area (Å²) in [5.41, 5.74) is 7.20. The van der Waals surface area contributed by atoms with Gasteiger partial charge in [-0.05, 0) is 134 Å². The van der Waals surface area contributed by atoms with E-state index in [-0.39, 0.29) is 0 Å². The van der Waals surface area contributed by atoms with Crippen molar-refractivity contribution in [2.45, 2.75) is 227 Å². The molecule has 4 aromatic rings. The summed E-state index contributed by atoms with van der Waals surface area (Å²) in [6, 6.07) is 25.7. The average molecular weight is 913 g/mol. The summed E-state index contributed by atoms with van der Waals surface area (Å²) in [4.78, 5) is 9.52. The van der Waals surface area contributed by atoms with Crippen LogP contribution in [0.15, 0.2) is 85.2 Å². The Morgan fingerprint density at radius 3 is 1.04 bits per heavy atom. The van der Waals surface area contributed by atoms with Gasteiger partial charge in [-0.3, -0.25) is 9.97 Å². The average Bonchev–Trinajstić information content (AvgIpc) is 3.38. The van der Waals surface area contributed by atoms with Gasteiger partial charge in [0.2, 0.25) is 0 Å². The smallest absolute Gasteiger partial charge is 0.119 e. The molecule has 2 aliphatic rings. The zero-order valence-electron chi connectivity index (χ0n) is 43.4. The quantitative estimate of drug-likeness (QED) is 0.0472. The van der Waals surface area contributed by atoms with Gasteiger partial charge in [-0.2, -0.15) is 0 Å². The van der Waals surface area contributed by atoms with Crippen LogP contribution in [0.4, 0.5) is 0 Å². The maximum atomic E-state index is 5.87. The van der Waals surface area contributed by atoms with Gasteiger partial charge >= 0.3 is 0 Å². The van der Waals surface area contributed by atoms with E-state index in [2.05, 4.69) is 113 Å². The molecule has 0 radical (unpaired) electrons. The number of hydrogen-bond acceptors (Lipinski definition) is 4. The molecule has 4 heteroatoms. The van der Waals surface area contributed by atoms with Gasteiger partial charge in [0.15, 0.2) is 0 Å². The van der Waals surface area contributed by atoms with Crippen LogP contribution < -0.4 is 9.47 Å². The molecule has 370 valence electrons. The minimum Gasteiger partial charge on any atom is -0.494 e. The van der Waals surface area contributed by atoms with Gasteiger partial charge in [-0.15, -0.1) is 0 Å². The van der Waals surface area contributed by atoms with E-state index in [1.807, 2.05) is 0 Å². The van der Waals surface area contributed by atoms with E-state index in [0.29, 0.717) is 0 Å². The molecule has 0 atom stereocenters. The van der Waals surface area contributed by atoms with E-state index in [0.717, 1.165) is 83.7 Å². The normalized spacial score (nSPS) is 18.3.